The van der Waals surface area contributed by atoms with Gasteiger partial charge >= 0.3 is 11.9 Å². The van der Waals surface area contributed by atoms with E-state index in [1.54, 1.807) is 0 Å². The first-order valence-corrected chi connectivity index (χ1v) is 4.64. The van der Waals surface area contributed by atoms with Crippen LogP contribution >= 0.6 is 0 Å². The number of rotatable bonds is 3. The molecule has 84 valence electrons. The molecular formula is C10H14O5. The lowest BCUT2D eigenvalue weighted by Gasteiger charge is -2.14. The van der Waals surface area contributed by atoms with Crippen LogP contribution < -0.4 is 0 Å². The Hall–Kier alpha value is -1.10. The van der Waals surface area contributed by atoms with Crippen molar-refractivity contribution >= 4 is 11.9 Å². The first-order valence-electron chi connectivity index (χ1n) is 4.64. The minimum absolute atomic E-state index is 0.0178. The van der Waals surface area contributed by atoms with E-state index in [9.17, 15) is 9.59 Å². The Balaban J connectivity index is 2.60. The summed E-state index contributed by atoms with van der Waals surface area (Å²) in [6, 6.07) is 0. The molecule has 0 spiro atoms. The third-order valence-corrected chi connectivity index (χ3v) is 2.38. The van der Waals surface area contributed by atoms with Crippen LogP contribution in [0, 0.1) is 12.8 Å². The van der Waals surface area contributed by atoms with E-state index >= 15 is 0 Å². The standard InChI is InChI=1S/C10H14O5/c1-6-4-7(10(12)14-3)8(15-6)5-9(11)13-2/h1,6-8H,4-5H2,2-3H3/t6-,7+,8+/m0/s1. The van der Waals surface area contributed by atoms with Crippen LogP contribution in [0.1, 0.15) is 12.8 Å². The Kier molecular flexibility index (Phi) is 4.08. The van der Waals surface area contributed by atoms with Crippen LogP contribution in [0.4, 0.5) is 0 Å². The summed E-state index contributed by atoms with van der Waals surface area (Å²) in [5.41, 5.74) is 0. The molecule has 3 atom stereocenters. The van der Waals surface area contributed by atoms with Gasteiger partial charge in [-0.15, -0.1) is 0 Å². The molecule has 0 N–H and O–H groups in total. The maximum Gasteiger partial charge on any atom is 0.311 e. The fourth-order valence-corrected chi connectivity index (χ4v) is 1.61. The number of hydrogen-bond acceptors (Lipinski definition) is 5. The zero-order chi connectivity index (χ0) is 11.4. The first-order chi connectivity index (χ1) is 7.08. The molecule has 1 heterocycles. The monoisotopic (exact) mass is 214 g/mol. The Labute approximate surface area is 88.7 Å². The van der Waals surface area contributed by atoms with Crippen LogP contribution in [0.3, 0.4) is 0 Å². The van der Waals surface area contributed by atoms with Crippen LogP contribution in [0.15, 0.2) is 0 Å². The van der Waals surface area contributed by atoms with E-state index in [0.29, 0.717) is 6.42 Å². The minimum atomic E-state index is -0.542. The predicted molar refractivity (Wildman–Crippen MR) is 49.7 cm³/mol. The SMILES string of the molecule is [CH][C@H]1C[C@@H](C(=O)OC)[C@@H](CC(=O)OC)O1. The average molecular weight is 214 g/mol. The number of methoxy groups -OCH3 is 2. The molecule has 5 nitrogen and oxygen atoms in total. The van der Waals surface area contributed by atoms with E-state index in [1.807, 2.05) is 0 Å². The second-order valence-electron chi connectivity index (χ2n) is 3.36. The van der Waals surface area contributed by atoms with Crippen molar-refractivity contribution in [1.82, 2.24) is 0 Å². The number of esters is 2. The van der Waals surface area contributed by atoms with Gasteiger partial charge in [0.05, 0.1) is 38.8 Å². The summed E-state index contributed by atoms with van der Waals surface area (Å²) in [6.45, 7) is 5.54. The van der Waals surface area contributed by atoms with Crippen molar-refractivity contribution in [2.24, 2.45) is 5.92 Å². The predicted octanol–water partition coefficient (Wildman–Crippen LogP) is 0.207. The van der Waals surface area contributed by atoms with Crippen molar-refractivity contribution in [1.29, 1.82) is 0 Å². The van der Waals surface area contributed by atoms with Crippen molar-refractivity contribution in [2.45, 2.75) is 25.0 Å². The lowest BCUT2D eigenvalue weighted by molar-refractivity contribution is -0.150. The maximum atomic E-state index is 11.3. The summed E-state index contributed by atoms with van der Waals surface area (Å²) in [5.74, 6) is -1.32. The van der Waals surface area contributed by atoms with Crippen LogP contribution in [0.2, 0.25) is 0 Å². The summed E-state index contributed by atoms with van der Waals surface area (Å²) in [7, 11) is 2.58. The van der Waals surface area contributed by atoms with Gasteiger partial charge in [-0.25, -0.2) is 0 Å². The lowest BCUT2D eigenvalue weighted by atomic mass is 9.98. The third kappa shape index (κ3) is 2.92. The quantitative estimate of drug-likeness (QED) is 0.628. The topological polar surface area (TPSA) is 61.8 Å². The van der Waals surface area contributed by atoms with Crippen molar-refractivity contribution < 1.29 is 23.8 Å². The van der Waals surface area contributed by atoms with E-state index in [4.69, 9.17) is 11.7 Å². The summed E-state index contributed by atoms with van der Waals surface area (Å²) in [5, 5.41) is 0. The second-order valence-corrected chi connectivity index (χ2v) is 3.36. The van der Waals surface area contributed by atoms with Crippen LogP contribution in [0.5, 0.6) is 0 Å². The van der Waals surface area contributed by atoms with Crippen molar-refractivity contribution in [3.8, 4) is 0 Å². The molecule has 0 amide bonds. The molecule has 0 saturated carbocycles. The lowest BCUT2D eigenvalue weighted by Crippen LogP contribution is -2.28. The van der Waals surface area contributed by atoms with E-state index < -0.39 is 30.1 Å². The molecule has 15 heavy (non-hydrogen) atoms. The summed E-state index contributed by atoms with van der Waals surface area (Å²) in [4.78, 5) is 22.4. The third-order valence-electron chi connectivity index (χ3n) is 2.38. The number of carbonyl (C=O) groups is 2. The van der Waals surface area contributed by atoms with E-state index in [0.717, 1.165) is 0 Å². The zero-order valence-electron chi connectivity index (χ0n) is 8.76. The number of hydrogen-bond donors (Lipinski definition) is 0. The Morgan fingerprint density at radius 3 is 2.60 bits per heavy atom. The zero-order valence-corrected chi connectivity index (χ0v) is 8.76. The fraction of sp³-hybridized carbons (Fsp3) is 0.700. The molecule has 0 unspecified atom stereocenters. The van der Waals surface area contributed by atoms with Gasteiger partial charge in [-0.1, -0.05) is 0 Å². The molecule has 1 saturated heterocycles. The van der Waals surface area contributed by atoms with Gasteiger partial charge in [-0.3, -0.25) is 9.59 Å². The van der Waals surface area contributed by atoms with E-state index in [-0.39, 0.29) is 6.42 Å². The largest absolute Gasteiger partial charge is 0.469 e. The van der Waals surface area contributed by atoms with Gasteiger partial charge in [-0.05, 0) is 13.3 Å². The normalized spacial score (nSPS) is 29.9. The molecule has 1 aliphatic rings. The van der Waals surface area contributed by atoms with Crippen LogP contribution in [-0.4, -0.2) is 38.4 Å². The summed E-state index contributed by atoms with van der Waals surface area (Å²) >= 11 is 0. The van der Waals surface area contributed by atoms with Gasteiger partial charge < -0.3 is 14.2 Å². The molecule has 1 fully saturated rings. The minimum Gasteiger partial charge on any atom is -0.469 e. The molecule has 1 aliphatic heterocycles. The second kappa shape index (κ2) is 5.11. The summed E-state index contributed by atoms with van der Waals surface area (Å²) in [6.07, 6.45) is -0.679. The van der Waals surface area contributed by atoms with Crippen molar-refractivity contribution in [3.05, 3.63) is 6.92 Å². The van der Waals surface area contributed by atoms with Crippen LogP contribution in [-0.2, 0) is 23.8 Å². The Bertz CT molecular complexity index is 250. The fourth-order valence-electron chi connectivity index (χ4n) is 1.61. The molecule has 0 bridgehead atoms. The average Bonchev–Trinajstić information content (AvgIpc) is 2.58. The highest BCUT2D eigenvalue weighted by Crippen LogP contribution is 2.29. The Morgan fingerprint density at radius 2 is 2.07 bits per heavy atom. The van der Waals surface area contributed by atoms with Gasteiger partial charge in [0.1, 0.15) is 0 Å². The van der Waals surface area contributed by atoms with E-state index in [2.05, 4.69) is 9.47 Å². The smallest absolute Gasteiger partial charge is 0.311 e. The highest BCUT2D eigenvalue weighted by Gasteiger charge is 2.40. The molecule has 1 rings (SSSR count). The van der Waals surface area contributed by atoms with Gasteiger partial charge in [0, 0.05) is 0 Å². The molecule has 0 aromatic heterocycles. The van der Waals surface area contributed by atoms with Gasteiger partial charge in [0.25, 0.3) is 0 Å². The van der Waals surface area contributed by atoms with Gasteiger partial charge in [-0.2, -0.15) is 0 Å². The molecule has 2 radical (unpaired) electrons. The van der Waals surface area contributed by atoms with Crippen molar-refractivity contribution in [3.63, 3.8) is 0 Å². The first kappa shape index (κ1) is 12.0. The van der Waals surface area contributed by atoms with Gasteiger partial charge in [0.2, 0.25) is 0 Å². The molecule has 0 aromatic rings. The van der Waals surface area contributed by atoms with Crippen LogP contribution in [0.25, 0.3) is 0 Å². The Morgan fingerprint density at radius 1 is 1.40 bits per heavy atom. The van der Waals surface area contributed by atoms with E-state index in [1.165, 1.54) is 14.2 Å². The molecule has 0 aromatic carbocycles. The highest BCUT2D eigenvalue weighted by atomic mass is 16.5. The number of carbonyl (C=O) groups excluding carboxylic acids is 2. The molecule has 0 aliphatic carbocycles. The maximum absolute atomic E-state index is 11.3. The summed E-state index contributed by atoms with van der Waals surface area (Å²) < 4.78 is 14.3. The van der Waals surface area contributed by atoms with Crippen molar-refractivity contribution in [2.75, 3.05) is 14.2 Å². The van der Waals surface area contributed by atoms with Gasteiger partial charge in [0.15, 0.2) is 0 Å². The highest BCUT2D eigenvalue weighted by molar-refractivity contribution is 5.76. The number of ether oxygens (including phenoxy) is 3. The molecule has 5 heteroatoms. The molecular weight excluding hydrogens is 200 g/mol.